The minimum Gasteiger partial charge on any atom is -0.469 e. The lowest BCUT2D eigenvalue weighted by Crippen LogP contribution is -2.45. The molecule has 6 heteroatoms. The zero-order valence-corrected chi connectivity index (χ0v) is 14.4. The van der Waals surface area contributed by atoms with Crippen LogP contribution in [-0.4, -0.2) is 24.7 Å². The van der Waals surface area contributed by atoms with Crippen molar-refractivity contribution in [1.82, 2.24) is 10.7 Å². The van der Waals surface area contributed by atoms with Gasteiger partial charge < -0.3 is 10.1 Å². The number of hydrazine groups is 1. The van der Waals surface area contributed by atoms with E-state index in [0.717, 1.165) is 11.4 Å². The van der Waals surface area contributed by atoms with Crippen LogP contribution in [0.3, 0.4) is 0 Å². The fourth-order valence-corrected chi connectivity index (χ4v) is 2.30. The molecule has 0 radical (unpaired) electrons. The van der Waals surface area contributed by atoms with E-state index in [1.807, 2.05) is 65.7 Å². The van der Waals surface area contributed by atoms with Gasteiger partial charge in [0.25, 0.3) is 0 Å². The first-order valence-electron chi connectivity index (χ1n) is 7.72. The fraction of sp³-hybridized carbons (Fsp3) is 0.222. The molecule has 0 saturated heterocycles. The minimum absolute atomic E-state index is 0.217. The molecule has 2 aromatic carbocycles. The Hall–Kier alpha value is -2.60. The Morgan fingerprint density at radius 2 is 1.58 bits per heavy atom. The predicted molar refractivity (Wildman–Crippen MR) is 100 cm³/mol. The molecule has 126 valence electrons. The van der Waals surface area contributed by atoms with Crippen LogP contribution < -0.4 is 15.8 Å². The highest BCUT2D eigenvalue weighted by atomic mass is 32.1. The number of nitrogens with one attached hydrogen (secondary N) is 2. The third-order valence-electron chi connectivity index (χ3n) is 3.31. The number of para-hydroxylation sites is 2. The van der Waals surface area contributed by atoms with Crippen molar-refractivity contribution in [3.8, 4) is 0 Å². The van der Waals surface area contributed by atoms with Crippen molar-refractivity contribution >= 4 is 34.7 Å². The number of ether oxygens (including phenoxy) is 1. The maximum absolute atomic E-state index is 11.1. The number of carbonyl (C=O) groups excluding carboxylic acids is 1. The van der Waals surface area contributed by atoms with Crippen LogP contribution in [-0.2, 0) is 9.53 Å². The SMILES string of the molecule is COC(=O)CCCNC(=S)NN(c1ccccc1)c1ccccc1. The average molecular weight is 343 g/mol. The smallest absolute Gasteiger partial charge is 0.305 e. The number of thiocarbonyl (C=S) groups is 1. The van der Waals surface area contributed by atoms with E-state index in [-0.39, 0.29) is 5.97 Å². The van der Waals surface area contributed by atoms with E-state index >= 15 is 0 Å². The van der Waals surface area contributed by atoms with Gasteiger partial charge in [-0.2, -0.15) is 0 Å². The third kappa shape index (κ3) is 5.55. The first kappa shape index (κ1) is 17.7. The summed E-state index contributed by atoms with van der Waals surface area (Å²) in [7, 11) is 1.39. The number of rotatable bonds is 7. The molecule has 0 aliphatic carbocycles. The first-order chi connectivity index (χ1) is 11.7. The van der Waals surface area contributed by atoms with E-state index in [1.54, 1.807) is 0 Å². The van der Waals surface area contributed by atoms with Gasteiger partial charge in [0.1, 0.15) is 0 Å². The van der Waals surface area contributed by atoms with Gasteiger partial charge in [-0.05, 0) is 42.9 Å². The van der Waals surface area contributed by atoms with Crippen LogP contribution in [0.25, 0.3) is 0 Å². The molecule has 2 rings (SSSR count). The van der Waals surface area contributed by atoms with Gasteiger partial charge in [0.2, 0.25) is 0 Å². The van der Waals surface area contributed by atoms with E-state index in [0.29, 0.717) is 24.5 Å². The van der Waals surface area contributed by atoms with Crippen molar-refractivity contribution in [3.05, 3.63) is 60.7 Å². The standard InChI is InChI=1S/C18H21N3O2S/c1-23-17(22)13-8-14-19-18(24)20-21(15-9-4-2-5-10-15)16-11-6-3-7-12-16/h2-7,9-12H,8,13-14H2,1H3,(H2,19,20,24). The van der Waals surface area contributed by atoms with E-state index in [2.05, 4.69) is 15.5 Å². The molecule has 5 nitrogen and oxygen atoms in total. The summed E-state index contributed by atoms with van der Waals surface area (Å²) in [4.78, 5) is 11.1. The highest BCUT2D eigenvalue weighted by molar-refractivity contribution is 7.80. The number of carbonyl (C=O) groups is 1. The Kier molecular flexibility index (Phi) is 7.04. The van der Waals surface area contributed by atoms with Crippen molar-refractivity contribution in [2.24, 2.45) is 0 Å². The molecule has 2 N–H and O–H groups in total. The summed E-state index contributed by atoms with van der Waals surface area (Å²) in [5, 5.41) is 5.51. The number of benzene rings is 2. The monoisotopic (exact) mass is 343 g/mol. The van der Waals surface area contributed by atoms with Crippen LogP contribution in [0.4, 0.5) is 11.4 Å². The van der Waals surface area contributed by atoms with Crippen molar-refractivity contribution in [3.63, 3.8) is 0 Å². The van der Waals surface area contributed by atoms with Crippen molar-refractivity contribution < 1.29 is 9.53 Å². The molecule has 0 spiro atoms. The molecular weight excluding hydrogens is 322 g/mol. The number of anilines is 2. The Morgan fingerprint density at radius 3 is 2.08 bits per heavy atom. The molecular formula is C18H21N3O2S. The largest absolute Gasteiger partial charge is 0.469 e. The van der Waals surface area contributed by atoms with Crippen LogP contribution in [0, 0.1) is 0 Å². The normalized spacial score (nSPS) is 9.88. The summed E-state index contributed by atoms with van der Waals surface area (Å²) >= 11 is 5.36. The number of nitrogens with zero attached hydrogens (tertiary/aromatic N) is 1. The maximum Gasteiger partial charge on any atom is 0.305 e. The lowest BCUT2D eigenvalue weighted by Gasteiger charge is -2.27. The van der Waals surface area contributed by atoms with Crippen molar-refractivity contribution in [2.75, 3.05) is 18.7 Å². The number of hydrogen-bond acceptors (Lipinski definition) is 4. The number of hydrogen-bond donors (Lipinski definition) is 2. The average Bonchev–Trinajstić information content (AvgIpc) is 2.64. The van der Waals surface area contributed by atoms with E-state index in [4.69, 9.17) is 12.2 Å². The fourth-order valence-electron chi connectivity index (χ4n) is 2.11. The Balaban J connectivity index is 1.96. The van der Waals surface area contributed by atoms with Crippen LogP contribution in [0.15, 0.2) is 60.7 Å². The summed E-state index contributed by atoms with van der Waals surface area (Å²) in [5.74, 6) is -0.217. The molecule has 2 aromatic rings. The van der Waals surface area contributed by atoms with Gasteiger partial charge in [0.05, 0.1) is 18.5 Å². The van der Waals surface area contributed by atoms with E-state index in [9.17, 15) is 4.79 Å². The van der Waals surface area contributed by atoms with E-state index in [1.165, 1.54) is 7.11 Å². The van der Waals surface area contributed by atoms with Gasteiger partial charge >= 0.3 is 5.97 Å². The summed E-state index contributed by atoms with van der Waals surface area (Å²) in [6, 6.07) is 19.8. The van der Waals surface area contributed by atoms with Gasteiger partial charge in [-0.25, -0.2) is 0 Å². The van der Waals surface area contributed by atoms with Crippen molar-refractivity contribution in [2.45, 2.75) is 12.8 Å². The second-order valence-corrected chi connectivity index (χ2v) is 5.46. The predicted octanol–water partition coefficient (Wildman–Crippen LogP) is 3.16. The Morgan fingerprint density at radius 1 is 1.04 bits per heavy atom. The third-order valence-corrected chi connectivity index (χ3v) is 3.55. The molecule has 0 atom stereocenters. The van der Waals surface area contributed by atoms with Gasteiger partial charge in [0, 0.05) is 13.0 Å². The van der Waals surface area contributed by atoms with Gasteiger partial charge in [0.15, 0.2) is 5.11 Å². The summed E-state index contributed by atoms with van der Waals surface area (Å²) < 4.78 is 4.61. The molecule has 0 amide bonds. The topological polar surface area (TPSA) is 53.6 Å². The van der Waals surface area contributed by atoms with Gasteiger partial charge in [-0.15, -0.1) is 0 Å². The lowest BCUT2D eigenvalue weighted by atomic mass is 10.2. The second-order valence-electron chi connectivity index (χ2n) is 5.05. The molecule has 0 fully saturated rings. The summed E-state index contributed by atoms with van der Waals surface area (Å²) in [5.41, 5.74) is 5.14. The molecule has 0 heterocycles. The van der Waals surface area contributed by atoms with Gasteiger partial charge in [-0.1, -0.05) is 36.4 Å². The highest BCUT2D eigenvalue weighted by Gasteiger charge is 2.10. The van der Waals surface area contributed by atoms with Crippen LogP contribution in [0.5, 0.6) is 0 Å². The zero-order valence-electron chi connectivity index (χ0n) is 13.6. The Labute approximate surface area is 147 Å². The molecule has 24 heavy (non-hydrogen) atoms. The maximum atomic E-state index is 11.1. The molecule has 0 aliphatic rings. The minimum atomic E-state index is -0.217. The zero-order chi connectivity index (χ0) is 17.2. The molecule has 0 aliphatic heterocycles. The summed E-state index contributed by atoms with van der Waals surface area (Å²) in [6.07, 6.45) is 1.03. The lowest BCUT2D eigenvalue weighted by molar-refractivity contribution is -0.140. The number of esters is 1. The highest BCUT2D eigenvalue weighted by Crippen LogP contribution is 2.22. The first-order valence-corrected chi connectivity index (χ1v) is 8.13. The van der Waals surface area contributed by atoms with Crippen LogP contribution >= 0.6 is 12.2 Å². The molecule has 0 aromatic heterocycles. The van der Waals surface area contributed by atoms with Crippen LogP contribution in [0.1, 0.15) is 12.8 Å². The van der Waals surface area contributed by atoms with Gasteiger partial charge in [-0.3, -0.25) is 15.2 Å². The summed E-state index contributed by atoms with van der Waals surface area (Å²) in [6.45, 7) is 0.596. The van der Waals surface area contributed by atoms with Crippen molar-refractivity contribution in [1.29, 1.82) is 0 Å². The quantitative estimate of drug-likeness (QED) is 0.349. The second kappa shape index (κ2) is 9.52. The van der Waals surface area contributed by atoms with E-state index < -0.39 is 0 Å². The molecule has 0 unspecified atom stereocenters. The number of methoxy groups -OCH3 is 1. The van der Waals surface area contributed by atoms with Crippen LogP contribution in [0.2, 0.25) is 0 Å². The Bertz CT molecular complexity index is 610. The molecule has 0 saturated carbocycles. The molecule has 0 bridgehead atoms.